The summed E-state index contributed by atoms with van der Waals surface area (Å²) >= 11 is 0. The van der Waals surface area contributed by atoms with Gasteiger partial charge in [0.25, 0.3) is 0 Å². The van der Waals surface area contributed by atoms with Crippen molar-refractivity contribution in [3.63, 3.8) is 0 Å². The van der Waals surface area contributed by atoms with Crippen LogP contribution in [0.1, 0.15) is 46.1 Å². The minimum atomic E-state index is -0.703. The summed E-state index contributed by atoms with van der Waals surface area (Å²) in [5.74, 6) is -1.97. The van der Waals surface area contributed by atoms with Crippen LogP contribution in [0.2, 0.25) is 0 Å². The maximum atomic E-state index is 13.5. The lowest BCUT2D eigenvalue weighted by Crippen LogP contribution is -2.46. The number of benzene rings is 1. The van der Waals surface area contributed by atoms with Crippen molar-refractivity contribution in [1.29, 1.82) is 0 Å². The number of cyclic esters (lactones) is 1. The zero-order valence-electron chi connectivity index (χ0n) is 15.5. The minimum absolute atomic E-state index is 0.113. The molecule has 144 valence electrons. The Balaban J connectivity index is 2.18. The molecule has 1 amide bonds. The second kappa shape index (κ2) is 8.01. The molecular formula is C19H25F2NO4. The van der Waals surface area contributed by atoms with Gasteiger partial charge >= 0.3 is 12.1 Å². The quantitative estimate of drug-likeness (QED) is 0.803. The summed E-state index contributed by atoms with van der Waals surface area (Å²) in [6.45, 7) is 7.07. The van der Waals surface area contributed by atoms with Crippen LogP contribution in [0.5, 0.6) is 0 Å². The van der Waals surface area contributed by atoms with E-state index in [0.29, 0.717) is 18.4 Å². The average Bonchev–Trinajstić information content (AvgIpc) is 2.84. The van der Waals surface area contributed by atoms with Gasteiger partial charge < -0.3 is 14.8 Å². The van der Waals surface area contributed by atoms with E-state index in [0.717, 1.165) is 6.07 Å². The fourth-order valence-electron chi connectivity index (χ4n) is 2.97. The van der Waals surface area contributed by atoms with Gasteiger partial charge in [0.2, 0.25) is 0 Å². The van der Waals surface area contributed by atoms with Crippen LogP contribution in [-0.4, -0.2) is 29.8 Å². The molecule has 1 saturated heterocycles. The van der Waals surface area contributed by atoms with E-state index in [1.165, 1.54) is 12.1 Å². The van der Waals surface area contributed by atoms with Gasteiger partial charge in [0.05, 0.1) is 12.0 Å². The fraction of sp³-hybridized carbons (Fsp3) is 0.579. The number of rotatable bonds is 5. The van der Waals surface area contributed by atoms with E-state index in [4.69, 9.17) is 9.47 Å². The number of hydrogen-bond acceptors (Lipinski definition) is 4. The smallest absolute Gasteiger partial charge is 0.408 e. The third-order valence-electron chi connectivity index (χ3n) is 4.14. The van der Waals surface area contributed by atoms with Crippen LogP contribution >= 0.6 is 0 Å². The highest BCUT2D eigenvalue weighted by molar-refractivity contribution is 5.75. The van der Waals surface area contributed by atoms with Gasteiger partial charge in [-0.1, -0.05) is 6.92 Å². The van der Waals surface area contributed by atoms with E-state index in [2.05, 4.69) is 5.32 Å². The van der Waals surface area contributed by atoms with Crippen molar-refractivity contribution in [2.45, 2.75) is 64.7 Å². The molecule has 0 saturated carbocycles. The largest absolute Gasteiger partial charge is 0.460 e. The zero-order chi connectivity index (χ0) is 19.5. The molecule has 3 atom stereocenters. The first-order valence-corrected chi connectivity index (χ1v) is 8.72. The lowest BCUT2D eigenvalue weighted by Gasteiger charge is -2.26. The van der Waals surface area contributed by atoms with E-state index >= 15 is 0 Å². The summed E-state index contributed by atoms with van der Waals surface area (Å²) in [7, 11) is 0. The summed E-state index contributed by atoms with van der Waals surface area (Å²) in [5, 5.41) is 2.68. The maximum absolute atomic E-state index is 13.5. The highest BCUT2D eigenvalue weighted by Gasteiger charge is 2.39. The van der Waals surface area contributed by atoms with Crippen molar-refractivity contribution < 1.29 is 27.8 Å². The van der Waals surface area contributed by atoms with Crippen molar-refractivity contribution in [3.05, 3.63) is 35.4 Å². The van der Waals surface area contributed by atoms with Gasteiger partial charge in [-0.2, -0.15) is 0 Å². The summed E-state index contributed by atoms with van der Waals surface area (Å²) in [5.41, 5.74) is -0.336. The van der Waals surface area contributed by atoms with Gasteiger partial charge in [-0.05, 0) is 57.7 Å². The van der Waals surface area contributed by atoms with E-state index < -0.39 is 35.5 Å². The van der Waals surface area contributed by atoms with Gasteiger partial charge in [-0.15, -0.1) is 0 Å². The number of ether oxygens (including phenoxy) is 2. The van der Waals surface area contributed by atoms with E-state index in [-0.39, 0.29) is 18.3 Å². The first kappa shape index (κ1) is 20.1. The normalized spacial score (nSPS) is 21.2. The summed E-state index contributed by atoms with van der Waals surface area (Å²) in [6.07, 6.45) is -0.0689. The first-order chi connectivity index (χ1) is 12.1. The molecule has 0 radical (unpaired) electrons. The Kier molecular flexibility index (Phi) is 6.21. The molecule has 1 aromatic carbocycles. The monoisotopic (exact) mass is 369 g/mol. The molecule has 1 N–H and O–H groups in total. The van der Waals surface area contributed by atoms with Crippen LogP contribution in [0.4, 0.5) is 13.6 Å². The molecule has 1 aliphatic heterocycles. The number of carbonyl (C=O) groups excluding carboxylic acids is 2. The van der Waals surface area contributed by atoms with Gasteiger partial charge in [0.15, 0.2) is 0 Å². The topological polar surface area (TPSA) is 64.6 Å². The fourth-order valence-corrected chi connectivity index (χ4v) is 2.97. The lowest BCUT2D eigenvalue weighted by molar-refractivity contribution is -0.145. The van der Waals surface area contributed by atoms with Crippen molar-refractivity contribution in [2.75, 3.05) is 0 Å². The second-order valence-electron chi connectivity index (χ2n) is 7.55. The standard InChI is InChI=1S/C19H25F2NO4/c1-5-12-9-16(25-17(12)23)15(22-18(24)26-19(2,3)4)8-11-6-13(20)10-14(21)7-11/h6-7,10,12,15-16H,5,8-9H2,1-4H3,(H,22,24)/t12-,15+,16+/m1/s1. The summed E-state index contributed by atoms with van der Waals surface area (Å²) in [4.78, 5) is 24.1. The molecule has 0 spiro atoms. The van der Waals surface area contributed by atoms with Crippen LogP contribution < -0.4 is 5.32 Å². The van der Waals surface area contributed by atoms with Crippen molar-refractivity contribution in [2.24, 2.45) is 5.92 Å². The van der Waals surface area contributed by atoms with Crippen LogP contribution in [0.3, 0.4) is 0 Å². The number of hydrogen-bond donors (Lipinski definition) is 1. The van der Waals surface area contributed by atoms with Crippen molar-refractivity contribution >= 4 is 12.1 Å². The maximum Gasteiger partial charge on any atom is 0.408 e. The molecule has 2 rings (SSSR count). The molecular weight excluding hydrogens is 344 g/mol. The SMILES string of the molecule is CC[C@@H]1C[C@@H]([C@H](Cc2cc(F)cc(F)c2)NC(=O)OC(C)(C)C)OC1=O. The molecule has 1 heterocycles. The zero-order valence-corrected chi connectivity index (χ0v) is 15.5. The summed E-state index contributed by atoms with van der Waals surface area (Å²) < 4.78 is 37.6. The molecule has 26 heavy (non-hydrogen) atoms. The van der Waals surface area contributed by atoms with Crippen LogP contribution in [0, 0.1) is 17.6 Å². The molecule has 0 aliphatic carbocycles. The predicted molar refractivity (Wildman–Crippen MR) is 91.5 cm³/mol. The summed E-state index contributed by atoms with van der Waals surface area (Å²) in [6, 6.07) is 2.52. The van der Waals surface area contributed by atoms with Crippen LogP contribution in [-0.2, 0) is 20.7 Å². The number of alkyl carbamates (subject to hydrolysis) is 1. The van der Waals surface area contributed by atoms with Gasteiger partial charge in [-0.25, -0.2) is 13.6 Å². The molecule has 1 aromatic rings. The molecule has 1 fully saturated rings. The Morgan fingerprint density at radius 2 is 1.92 bits per heavy atom. The molecule has 0 unspecified atom stereocenters. The Morgan fingerprint density at radius 1 is 1.31 bits per heavy atom. The first-order valence-electron chi connectivity index (χ1n) is 8.72. The highest BCUT2D eigenvalue weighted by Crippen LogP contribution is 2.27. The van der Waals surface area contributed by atoms with Crippen LogP contribution in [0.15, 0.2) is 18.2 Å². The number of carbonyl (C=O) groups is 2. The highest BCUT2D eigenvalue weighted by atomic mass is 19.1. The molecule has 7 heteroatoms. The molecule has 0 aromatic heterocycles. The van der Waals surface area contributed by atoms with Gasteiger partial charge in [-0.3, -0.25) is 4.79 Å². The Labute approximate surface area is 152 Å². The Morgan fingerprint density at radius 3 is 2.42 bits per heavy atom. The Hall–Kier alpha value is -2.18. The van der Waals surface area contributed by atoms with Gasteiger partial charge in [0, 0.05) is 6.07 Å². The molecule has 0 bridgehead atoms. The molecule has 1 aliphatic rings. The average molecular weight is 369 g/mol. The number of halogens is 2. The Bertz CT molecular complexity index is 652. The van der Waals surface area contributed by atoms with E-state index in [1.54, 1.807) is 20.8 Å². The third kappa shape index (κ3) is 5.68. The number of esters is 1. The second-order valence-corrected chi connectivity index (χ2v) is 7.55. The van der Waals surface area contributed by atoms with E-state index in [1.807, 2.05) is 6.92 Å². The predicted octanol–water partition coefficient (Wildman–Crippen LogP) is 3.74. The lowest BCUT2D eigenvalue weighted by atomic mass is 9.94. The van der Waals surface area contributed by atoms with Gasteiger partial charge in [0.1, 0.15) is 23.3 Å². The number of nitrogens with one attached hydrogen (secondary N) is 1. The number of amides is 1. The minimum Gasteiger partial charge on any atom is -0.460 e. The van der Waals surface area contributed by atoms with Crippen molar-refractivity contribution in [3.8, 4) is 0 Å². The third-order valence-corrected chi connectivity index (χ3v) is 4.14. The molecule has 5 nitrogen and oxygen atoms in total. The van der Waals surface area contributed by atoms with Crippen LogP contribution in [0.25, 0.3) is 0 Å². The van der Waals surface area contributed by atoms with Crippen molar-refractivity contribution in [1.82, 2.24) is 5.32 Å². The van der Waals surface area contributed by atoms with E-state index in [9.17, 15) is 18.4 Å².